The summed E-state index contributed by atoms with van der Waals surface area (Å²) in [6, 6.07) is 11.7. The van der Waals surface area contributed by atoms with Crippen molar-refractivity contribution in [2.75, 3.05) is 6.61 Å². The molecular weight excluding hydrogens is 256 g/mol. The molecule has 1 heterocycles. The zero-order chi connectivity index (χ0) is 14.4. The van der Waals surface area contributed by atoms with E-state index in [-0.39, 0.29) is 11.7 Å². The van der Waals surface area contributed by atoms with Crippen LogP contribution < -0.4 is 4.74 Å². The third kappa shape index (κ3) is 3.33. The highest BCUT2D eigenvalue weighted by molar-refractivity contribution is 5.89. The third-order valence-electron chi connectivity index (χ3n) is 2.45. The van der Waals surface area contributed by atoms with Crippen LogP contribution in [0, 0.1) is 11.3 Å². The van der Waals surface area contributed by atoms with Gasteiger partial charge in [0.15, 0.2) is 0 Å². The Kier molecular flexibility index (Phi) is 4.30. The van der Waals surface area contributed by atoms with Gasteiger partial charge >= 0.3 is 5.97 Å². The van der Waals surface area contributed by atoms with E-state index in [1.54, 1.807) is 43.3 Å². The van der Waals surface area contributed by atoms with Crippen molar-refractivity contribution in [2.45, 2.75) is 6.92 Å². The zero-order valence-electron chi connectivity index (χ0n) is 10.9. The molecule has 0 aliphatic rings. The number of aromatic nitrogens is 1. The van der Waals surface area contributed by atoms with E-state index >= 15 is 0 Å². The highest BCUT2D eigenvalue weighted by Crippen LogP contribution is 2.21. The summed E-state index contributed by atoms with van der Waals surface area (Å²) in [7, 11) is 0. The number of hydrogen-bond acceptors (Lipinski definition) is 5. The summed E-state index contributed by atoms with van der Waals surface area (Å²) in [5, 5.41) is 8.76. The number of benzene rings is 1. The first-order chi connectivity index (χ1) is 9.72. The number of esters is 1. The van der Waals surface area contributed by atoms with E-state index < -0.39 is 0 Å². The van der Waals surface area contributed by atoms with Crippen LogP contribution in [0.1, 0.15) is 23.0 Å². The summed E-state index contributed by atoms with van der Waals surface area (Å²) < 4.78 is 10.5. The van der Waals surface area contributed by atoms with Crippen molar-refractivity contribution in [2.24, 2.45) is 0 Å². The van der Waals surface area contributed by atoms with E-state index in [4.69, 9.17) is 14.7 Å². The van der Waals surface area contributed by atoms with Gasteiger partial charge in [0.25, 0.3) is 0 Å². The Morgan fingerprint density at radius 3 is 2.65 bits per heavy atom. The highest BCUT2D eigenvalue weighted by Gasteiger charge is 2.06. The maximum absolute atomic E-state index is 11.5. The van der Waals surface area contributed by atoms with Crippen LogP contribution in [0.4, 0.5) is 0 Å². The Hall–Kier alpha value is -2.87. The van der Waals surface area contributed by atoms with Crippen LogP contribution in [0.15, 0.2) is 42.6 Å². The predicted molar refractivity (Wildman–Crippen MR) is 71.4 cm³/mol. The molecule has 0 spiro atoms. The average Bonchev–Trinajstić information content (AvgIpc) is 2.48. The summed E-state index contributed by atoms with van der Waals surface area (Å²) in [6.07, 6.45) is 1.50. The minimum atomic E-state index is -0.366. The van der Waals surface area contributed by atoms with Crippen LogP contribution >= 0.6 is 0 Å². The summed E-state index contributed by atoms with van der Waals surface area (Å²) in [6.45, 7) is 2.09. The number of pyridine rings is 1. The predicted octanol–water partition coefficient (Wildman–Crippen LogP) is 2.92. The molecule has 1 aromatic heterocycles. The molecule has 1 aromatic carbocycles. The molecule has 0 N–H and O–H groups in total. The fourth-order valence-corrected chi connectivity index (χ4v) is 1.55. The average molecular weight is 268 g/mol. The zero-order valence-corrected chi connectivity index (χ0v) is 10.9. The second kappa shape index (κ2) is 6.34. The second-order valence-electron chi connectivity index (χ2n) is 3.84. The standard InChI is InChI=1S/C15H12N2O3/c1-2-19-15(18)11-3-5-13(6-4-11)20-14-7-8-17-12(9-14)10-16/h3-9H,2H2,1H3. The van der Waals surface area contributed by atoms with Crippen LogP contribution in [0.5, 0.6) is 11.5 Å². The molecule has 5 heteroatoms. The summed E-state index contributed by atoms with van der Waals surface area (Å²) >= 11 is 0. The monoisotopic (exact) mass is 268 g/mol. The lowest BCUT2D eigenvalue weighted by Crippen LogP contribution is -2.04. The van der Waals surface area contributed by atoms with Gasteiger partial charge in [-0.2, -0.15) is 5.26 Å². The number of nitriles is 1. The Balaban J connectivity index is 2.11. The van der Waals surface area contributed by atoms with Gasteiger partial charge in [-0.15, -0.1) is 0 Å². The molecule has 0 radical (unpaired) electrons. The van der Waals surface area contributed by atoms with Gasteiger partial charge in [-0.05, 0) is 37.3 Å². The van der Waals surface area contributed by atoms with Gasteiger partial charge in [0, 0.05) is 12.3 Å². The van der Waals surface area contributed by atoms with E-state index in [0.29, 0.717) is 23.7 Å². The molecular formula is C15H12N2O3. The minimum absolute atomic E-state index is 0.283. The number of hydrogen-bond donors (Lipinski definition) is 0. The smallest absolute Gasteiger partial charge is 0.338 e. The van der Waals surface area contributed by atoms with Crippen molar-refractivity contribution in [1.82, 2.24) is 4.98 Å². The Labute approximate surface area is 116 Å². The van der Waals surface area contributed by atoms with Crippen LogP contribution in [-0.4, -0.2) is 17.6 Å². The lowest BCUT2D eigenvalue weighted by molar-refractivity contribution is 0.0526. The van der Waals surface area contributed by atoms with E-state index in [9.17, 15) is 4.79 Å². The quantitative estimate of drug-likeness (QED) is 0.797. The Bertz CT molecular complexity index is 645. The molecule has 2 rings (SSSR count). The largest absolute Gasteiger partial charge is 0.462 e. The first kappa shape index (κ1) is 13.6. The molecule has 0 fully saturated rings. The van der Waals surface area contributed by atoms with E-state index in [2.05, 4.69) is 4.98 Å². The molecule has 0 bridgehead atoms. The molecule has 0 saturated carbocycles. The molecule has 0 amide bonds. The number of carbonyl (C=O) groups excluding carboxylic acids is 1. The maximum Gasteiger partial charge on any atom is 0.338 e. The van der Waals surface area contributed by atoms with Crippen LogP contribution in [0.3, 0.4) is 0 Å². The molecule has 100 valence electrons. The fourth-order valence-electron chi connectivity index (χ4n) is 1.55. The topological polar surface area (TPSA) is 72.2 Å². The first-order valence-corrected chi connectivity index (χ1v) is 6.04. The van der Waals surface area contributed by atoms with E-state index in [1.807, 2.05) is 6.07 Å². The number of ether oxygens (including phenoxy) is 2. The van der Waals surface area contributed by atoms with Gasteiger partial charge in [-0.1, -0.05) is 0 Å². The third-order valence-corrected chi connectivity index (χ3v) is 2.45. The van der Waals surface area contributed by atoms with Gasteiger partial charge < -0.3 is 9.47 Å². The van der Waals surface area contributed by atoms with E-state index in [1.165, 1.54) is 6.20 Å². The lowest BCUT2D eigenvalue weighted by atomic mass is 10.2. The minimum Gasteiger partial charge on any atom is -0.462 e. The molecule has 0 aliphatic carbocycles. The summed E-state index contributed by atoms with van der Waals surface area (Å²) in [4.78, 5) is 15.3. The van der Waals surface area contributed by atoms with Gasteiger partial charge in [-0.25, -0.2) is 9.78 Å². The fraction of sp³-hybridized carbons (Fsp3) is 0.133. The van der Waals surface area contributed by atoms with Crippen LogP contribution in [0.2, 0.25) is 0 Å². The number of carbonyl (C=O) groups is 1. The summed E-state index contributed by atoms with van der Waals surface area (Å²) in [5.74, 6) is 0.711. The molecule has 2 aromatic rings. The second-order valence-corrected chi connectivity index (χ2v) is 3.84. The van der Waals surface area contributed by atoms with Crippen LogP contribution in [0.25, 0.3) is 0 Å². The van der Waals surface area contributed by atoms with Crippen molar-refractivity contribution in [1.29, 1.82) is 5.26 Å². The summed E-state index contributed by atoms with van der Waals surface area (Å²) in [5.41, 5.74) is 0.747. The molecule has 0 atom stereocenters. The van der Waals surface area contributed by atoms with Gasteiger partial charge in [0.1, 0.15) is 23.3 Å². The Morgan fingerprint density at radius 1 is 1.25 bits per heavy atom. The molecule has 0 saturated heterocycles. The maximum atomic E-state index is 11.5. The highest BCUT2D eigenvalue weighted by atomic mass is 16.5. The molecule has 0 unspecified atom stereocenters. The lowest BCUT2D eigenvalue weighted by Gasteiger charge is -2.06. The van der Waals surface area contributed by atoms with Crippen molar-refractivity contribution in [3.8, 4) is 17.6 Å². The van der Waals surface area contributed by atoms with Crippen molar-refractivity contribution in [3.05, 3.63) is 53.9 Å². The van der Waals surface area contributed by atoms with E-state index in [0.717, 1.165) is 0 Å². The normalized spacial score (nSPS) is 9.60. The number of nitrogens with zero attached hydrogens (tertiary/aromatic N) is 2. The number of rotatable bonds is 4. The molecule has 5 nitrogen and oxygen atoms in total. The molecule has 0 aliphatic heterocycles. The molecule has 20 heavy (non-hydrogen) atoms. The first-order valence-electron chi connectivity index (χ1n) is 6.04. The van der Waals surface area contributed by atoms with Gasteiger partial charge in [0.05, 0.1) is 12.2 Å². The van der Waals surface area contributed by atoms with Crippen molar-refractivity contribution >= 4 is 5.97 Å². The Morgan fingerprint density at radius 2 is 2.00 bits per heavy atom. The van der Waals surface area contributed by atoms with Crippen molar-refractivity contribution < 1.29 is 14.3 Å². The van der Waals surface area contributed by atoms with Gasteiger partial charge in [0.2, 0.25) is 0 Å². The van der Waals surface area contributed by atoms with Crippen LogP contribution in [-0.2, 0) is 4.74 Å². The van der Waals surface area contributed by atoms with Crippen molar-refractivity contribution in [3.63, 3.8) is 0 Å². The van der Waals surface area contributed by atoms with Gasteiger partial charge in [-0.3, -0.25) is 0 Å². The SMILES string of the molecule is CCOC(=O)c1ccc(Oc2ccnc(C#N)c2)cc1.